The van der Waals surface area contributed by atoms with Crippen molar-refractivity contribution >= 4 is 11.6 Å². The third-order valence-corrected chi connectivity index (χ3v) is 2.10. The van der Waals surface area contributed by atoms with Crippen molar-refractivity contribution in [3.63, 3.8) is 0 Å². The quantitative estimate of drug-likeness (QED) is 0.669. The highest BCUT2D eigenvalue weighted by Crippen LogP contribution is 2.23. The molecule has 1 rings (SSSR count). The molecule has 0 heterocycles. The maximum atomic E-state index is 8.83. The van der Waals surface area contributed by atoms with Gasteiger partial charge in [0.25, 0.3) is 0 Å². The number of halogens is 1. The van der Waals surface area contributed by atoms with E-state index < -0.39 is 5.41 Å². The van der Waals surface area contributed by atoms with E-state index in [9.17, 15) is 0 Å². The van der Waals surface area contributed by atoms with Crippen molar-refractivity contribution in [1.29, 1.82) is 5.26 Å². The number of nitrogens with zero attached hydrogens (tertiary/aromatic N) is 1. The summed E-state index contributed by atoms with van der Waals surface area (Å²) in [6.45, 7) is 3.77. The highest BCUT2D eigenvalue weighted by Gasteiger charge is 2.18. The summed E-state index contributed by atoms with van der Waals surface area (Å²) >= 11 is 5.72. The number of hydrogen-bond acceptors (Lipinski definition) is 1. The monoisotopic (exact) mass is 195 g/mol. The summed E-state index contributed by atoms with van der Waals surface area (Å²) in [6.07, 6.45) is 0. The molecular weight excluding hydrogens is 182 g/mol. The topological polar surface area (TPSA) is 23.8 Å². The molecule has 0 aromatic heterocycles. The molecule has 0 fully saturated rings. The summed E-state index contributed by atoms with van der Waals surface area (Å²) in [7, 11) is 0. The average Bonchev–Trinajstić information content (AvgIpc) is 2.05. The van der Waals surface area contributed by atoms with Crippen molar-refractivity contribution in [1.82, 2.24) is 0 Å². The van der Waals surface area contributed by atoms with Gasteiger partial charge in [-0.3, -0.25) is 0 Å². The molecule has 0 aliphatic heterocycles. The minimum atomic E-state index is -0.426. The fourth-order valence-corrected chi connectivity index (χ4v) is 1.06. The Kier molecular flexibility index (Phi) is 3.97. The third kappa shape index (κ3) is 2.75. The molecule has 2 heteroatoms. The van der Waals surface area contributed by atoms with Crippen molar-refractivity contribution in [3.8, 4) is 6.07 Å². The zero-order valence-corrected chi connectivity index (χ0v) is 7.89. The molecule has 0 bridgehead atoms. The summed E-state index contributed by atoms with van der Waals surface area (Å²) in [5, 5.41) is 9.54. The van der Waals surface area contributed by atoms with Gasteiger partial charge in [0.1, 0.15) is 0 Å². The lowest BCUT2D eigenvalue weighted by atomic mass is 9.87. The zero-order chi connectivity index (χ0) is 9.19. The summed E-state index contributed by atoms with van der Waals surface area (Å²) in [5.41, 5.74) is 0.569. The Morgan fingerprint density at radius 3 is 2.08 bits per heavy atom. The largest absolute Gasteiger partial charge is 0.197 e. The molecule has 0 aliphatic rings. The van der Waals surface area contributed by atoms with Gasteiger partial charge < -0.3 is 0 Å². The molecule has 0 spiro atoms. The third-order valence-electron chi connectivity index (χ3n) is 1.85. The minimum absolute atomic E-state index is 0. The van der Waals surface area contributed by atoms with E-state index in [1.54, 1.807) is 12.1 Å². The van der Waals surface area contributed by atoms with Crippen LogP contribution in [0.5, 0.6) is 0 Å². The van der Waals surface area contributed by atoms with E-state index in [1.807, 2.05) is 26.0 Å². The normalized spacial score (nSPS) is 10.0. The number of benzene rings is 1. The average molecular weight is 196 g/mol. The van der Waals surface area contributed by atoms with E-state index in [2.05, 4.69) is 6.07 Å². The second-order valence-corrected chi connectivity index (χ2v) is 3.68. The van der Waals surface area contributed by atoms with Crippen LogP contribution in [-0.2, 0) is 5.41 Å². The van der Waals surface area contributed by atoms with Gasteiger partial charge in [-0.05, 0) is 31.5 Å². The van der Waals surface area contributed by atoms with Gasteiger partial charge in [-0.15, -0.1) is 0 Å². The molecule has 0 unspecified atom stereocenters. The van der Waals surface area contributed by atoms with Crippen LogP contribution in [0.4, 0.5) is 0 Å². The molecule has 0 saturated heterocycles. The molecule has 1 aromatic rings. The van der Waals surface area contributed by atoms with Gasteiger partial charge in [-0.1, -0.05) is 31.2 Å². The Labute approximate surface area is 85.0 Å². The lowest BCUT2D eigenvalue weighted by molar-refractivity contribution is 0.687. The van der Waals surface area contributed by atoms with Gasteiger partial charge in [0.15, 0.2) is 0 Å². The second kappa shape index (κ2) is 4.30. The summed E-state index contributed by atoms with van der Waals surface area (Å²) in [4.78, 5) is 0. The molecular formula is C11H14ClN. The highest BCUT2D eigenvalue weighted by molar-refractivity contribution is 6.30. The zero-order valence-electron chi connectivity index (χ0n) is 7.13. The number of rotatable bonds is 1. The van der Waals surface area contributed by atoms with Gasteiger partial charge in [0.05, 0.1) is 11.5 Å². The molecule has 0 saturated carbocycles. The summed E-state index contributed by atoms with van der Waals surface area (Å²) in [5.74, 6) is 0. The van der Waals surface area contributed by atoms with E-state index in [0.29, 0.717) is 5.02 Å². The molecule has 1 nitrogen and oxygen atoms in total. The van der Waals surface area contributed by atoms with E-state index in [4.69, 9.17) is 16.9 Å². The summed E-state index contributed by atoms with van der Waals surface area (Å²) in [6, 6.07) is 9.60. The number of hydrogen-bond donors (Lipinski definition) is 0. The SMILES string of the molecule is C.CC(C)(C#N)c1ccc(Cl)cc1. The molecule has 0 amide bonds. The first-order valence-electron chi connectivity index (χ1n) is 3.73. The van der Waals surface area contributed by atoms with Gasteiger partial charge in [-0.2, -0.15) is 5.26 Å². The Morgan fingerprint density at radius 2 is 1.69 bits per heavy atom. The van der Waals surface area contributed by atoms with Crippen LogP contribution in [0.25, 0.3) is 0 Å². The molecule has 0 N–H and O–H groups in total. The van der Waals surface area contributed by atoms with Crippen molar-refractivity contribution in [3.05, 3.63) is 34.9 Å². The van der Waals surface area contributed by atoms with Crippen LogP contribution < -0.4 is 0 Å². The molecule has 1 aromatic carbocycles. The van der Waals surface area contributed by atoms with Crippen LogP contribution in [0.2, 0.25) is 5.02 Å². The molecule has 13 heavy (non-hydrogen) atoms. The molecule has 70 valence electrons. The number of nitriles is 1. The second-order valence-electron chi connectivity index (χ2n) is 3.24. The Balaban J connectivity index is 0.00000144. The first kappa shape index (κ1) is 12.0. The van der Waals surface area contributed by atoms with Gasteiger partial charge in [0.2, 0.25) is 0 Å². The van der Waals surface area contributed by atoms with Crippen LogP contribution in [0, 0.1) is 11.3 Å². The lowest BCUT2D eigenvalue weighted by Gasteiger charge is -2.14. The van der Waals surface area contributed by atoms with Crippen molar-refractivity contribution in [2.75, 3.05) is 0 Å². The van der Waals surface area contributed by atoms with E-state index in [1.165, 1.54) is 0 Å². The van der Waals surface area contributed by atoms with Crippen LogP contribution in [0.15, 0.2) is 24.3 Å². The Morgan fingerprint density at radius 1 is 1.23 bits per heavy atom. The minimum Gasteiger partial charge on any atom is -0.197 e. The predicted molar refractivity (Wildman–Crippen MR) is 56.8 cm³/mol. The maximum absolute atomic E-state index is 8.83. The van der Waals surface area contributed by atoms with E-state index >= 15 is 0 Å². The maximum Gasteiger partial charge on any atom is 0.0766 e. The first-order chi connectivity index (χ1) is 5.56. The standard InChI is InChI=1S/C10H10ClN.CH4/c1-10(2,7-12)8-3-5-9(11)6-4-8;/h3-6H,1-2H3;1H4. The lowest BCUT2D eigenvalue weighted by Crippen LogP contribution is -2.13. The van der Waals surface area contributed by atoms with Crippen LogP contribution >= 0.6 is 11.6 Å². The Hall–Kier alpha value is -1.00. The van der Waals surface area contributed by atoms with Gasteiger partial charge >= 0.3 is 0 Å². The van der Waals surface area contributed by atoms with E-state index in [0.717, 1.165) is 5.56 Å². The van der Waals surface area contributed by atoms with Gasteiger partial charge in [0, 0.05) is 5.02 Å². The molecule has 0 radical (unpaired) electrons. The van der Waals surface area contributed by atoms with Crippen molar-refractivity contribution in [2.45, 2.75) is 26.7 Å². The van der Waals surface area contributed by atoms with Crippen molar-refractivity contribution in [2.24, 2.45) is 0 Å². The van der Waals surface area contributed by atoms with E-state index in [-0.39, 0.29) is 7.43 Å². The fraction of sp³-hybridized carbons (Fsp3) is 0.364. The molecule has 0 aliphatic carbocycles. The smallest absolute Gasteiger partial charge is 0.0766 e. The summed E-state index contributed by atoms with van der Waals surface area (Å²) < 4.78 is 0. The predicted octanol–water partition coefficient (Wildman–Crippen LogP) is 3.78. The van der Waals surface area contributed by atoms with Crippen LogP contribution in [0.1, 0.15) is 26.8 Å². The van der Waals surface area contributed by atoms with Gasteiger partial charge in [-0.25, -0.2) is 0 Å². The highest BCUT2D eigenvalue weighted by atomic mass is 35.5. The Bertz CT molecular complexity index is 306. The van der Waals surface area contributed by atoms with Crippen LogP contribution in [0.3, 0.4) is 0 Å². The molecule has 0 atom stereocenters. The van der Waals surface area contributed by atoms with Crippen molar-refractivity contribution < 1.29 is 0 Å². The first-order valence-corrected chi connectivity index (χ1v) is 4.11. The van der Waals surface area contributed by atoms with Crippen LogP contribution in [-0.4, -0.2) is 0 Å². The fourth-order valence-electron chi connectivity index (χ4n) is 0.931.